The summed E-state index contributed by atoms with van der Waals surface area (Å²) < 4.78 is 6.77. The molecule has 0 bridgehead atoms. The van der Waals surface area contributed by atoms with Crippen molar-refractivity contribution in [1.82, 2.24) is 9.78 Å². The molecule has 0 atom stereocenters. The zero-order valence-electron chi connectivity index (χ0n) is 16.2. The average Bonchev–Trinajstić information content (AvgIpc) is 3.04. The molecule has 0 aliphatic rings. The summed E-state index contributed by atoms with van der Waals surface area (Å²) in [6, 6.07) is 17.2. The van der Waals surface area contributed by atoms with Gasteiger partial charge in [-0.25, -0.2) is 4.68 Å². The minimum Gasteiger partial charge on any atom is -0.497 e. The number of methoxy groups -OCH3 is 1. The SMILES string of the molecule is COc1ccc(-n2[nH]c(-c3ccccc3)c(C(C)=NCC(C)C)c2=O)cc1. The number of hydrogen-bond acceptors (Lipinski definition) is 3. The molecule has 27 heavy (non-hydrogen) atoms. The van der Waals surface area contributed by atoms with Gasteiger partial charge in [0.1, 0.15) is 5.75 Å². The zero-order chi connectivity index (χ0) is 19.4. The predicted molar refractivity (Wildman–Crippen MR) is 110 cm³/mol. The number of rotatable bonds is 6. The average molecular weight is 363 g/mol. The molecule has 0 spiro atoms. The van der Waals surface area contributed by atoms with Gasteiger partial charge in [0.15, 0.2) is 0 Å². The number of nitrogens with one attached hydrogen (secondary N) is 1. The van der Waals surface area contributed by atoms with Crippen LogP contribution >= 0.6 is 0 Å². The first kappa shape index (κ1) is 18.7. The lowest BCUT2D eigenvalue weighted by molar-refractivity contribution is 0.414. The van der Waals surface area contributed by atoms with E-state index in [2.05, 4.69) is 23.9 Å². The van der Waals surface area contributed by atoms with Crippen LogP contribution in [0.25, 0.3) is 16.9 Å². The largest absolute Gasteiger partial charge is 0.497 e. The Morgan fingerprint density at radius 2 is 1.78 bits per heavy atom. The lowest BCUT2D eigenvalue weighted by Gasteiger charge is -2.04. The molecule has 3 aromatic rings. The first-order valence-corrected chi connectivity index (χ1v) is 9.07. The fourth-order valence-electron chi connectivity index (χ4n) is 2.90. The minimum absolute atomic E-state index is 0.107. The maximum atomic E-state index is 13.2. The van der Waals surface area contributed by atoms with E-state index in [4.69, 9.17) is 4.74 Å². The van der Waals surface area contributed by atoms with E-state index in [0.717, 1.165) is 28.4 Å². The van der Waals surface area contributed by atoms with E-state index in [0.29, 0.717) is 18.0 Å². The van der Waals surface area contributed by atoms with Crippen LogP contribution in [-0.4, -0.2) is 29.1 Å². The van der Waals surface area contributed by atoms with Crippen LogP contribution in [0.5, 0.6) is 5.75 Å². The molecular formula is C22H25N3O2. The lowest BCUT2D eigenvalue weighted by atomic mass is 10.1. The van der Waals surface area contributed by atoms with E-state index in [9.17, 15) is 4.79 Å². The molecule has 5 heteroatoms. The van der Waals surface area contributed by atoms with Gasteiger partial charge >= 0.3 is 0 Å². The monoisotopic (exact) mass is 363 g/mol. The number of ether oxygens (including phenoxy) is 1. The molecule has 0 saturated carbocycles. The van der Waals surface area contributed by atoms with E-state index >= 15 is 0 Å². The van der Waals surface area contributed by atoms with Crippen LogP contribution < -0.4 is 10.3 Å². The highest BCUT2D eigenvalue weighted by atomic mass is 16.5. The van der Waals surface area contributed by atoms with Gasteiger partial charge in [-0.05, 0) is 37.1 Å². The Kier molecular flexibility index (Phi) is 5.60. The number of nitrogens with zero attached hydrogens (tertiary/aromatic N) is 2. The molecule has 3 rings (SSSR count). The standard InChI is InChI=1S/C22H25N3O2/c1-15(2)14-23-16(3)20-21(17-8-6-5-7-9-17)24-25(22(20)26)18-10-12-19(27-4)13-11-18/h5-13,15,24H,14H2,1-4H3. The number of aliphatic imine (C=N–C) groups is 1. The molecule has 0 fully saturated rings. The molecule has 0 aliphatic carbocycles. The molecule has 1 N–H and O–H groups in total. The van der Waals surface area contributed by atoms with Gasteiger partial charge in [-0.1, -0.05) is 44.2 Å². The molecule has 0 radical (unpaired) electrons. The fraction of sp³-hybridized carbons (Fsp3) is 0.273. The Hall–Kier alpha value is -3.08. The molecule has 140 valence electrons. The quantitative estimate of drug-likeness (QED) is 0.664. The maximum absolute atomic E-state index is 13.2. The topological polar surface area (TPSA) is 59.4 Å². The Balaban J connectivity index is 2.16. The molecular weight excluding hydrogens is 338 g/mol. The van der Waals surface area contributed by atoms with Crippen molar-refractivity contribution in [2.24, 2.45) is 10.9 Å². The zero-order valence-corrected chi connectivity index (χ0v) is 16.2. The number of aromatic nitrogens is 2. The van der Waals surface area contributed by atoms with Crippen molar-refractivity contribution in [3.63, 3.8) is 0 Å². The second kappa shape index (κ2) is 8.08. The summed E-state index contributed by atoms with van der Waals surface area (Å²) in [4.78, 5) is 17.9. The highest BCUT2D eigenvalue weighted by molar-refractivity contribution is 6.03. The first-order chi connectivity index (χ1) is 13.0. The summed E-state index contributed by atoms with van der Waals surface area (Å²) in [6.45, 7) is 6.81. The van der Waals surface area contributed by atoms with Crippen LogP contribution in [0.2, 0.25) is 0 Å². The summed E-state index contributed by atoms with van der Waals surface area (Å²) in [5.41, 5.74) is 3.73. The van der Waals surface area contributed by atoms with Gasteiger partial charge in [0, 0.05) is 17.8 Å². The minimum atomic E-state index is -0.107. The van der Waals surface area contributed by atoms with Crippen molar-refractivity contribution in [3.8, 4) is 22.7 Å². The van der Waals surface area contributed by atoms with Gasteiger partial charge in [0.2, 0.25) is 0 Å². The Bertz CT molecular complexity index is 981. The second-order valence-corrected chi connectivity index (χ2v) is 6.89. The molecule has 0 unspecified atom stereocenters. The van der Waals surface area contributed by atoms with Crippen LogP contribution in [0.3, 0.4) is 0 Å². The number of hydrogen-bond donors (Lipinski definition) is 1. The number of aromatic amines is 1. The summed E-state index contributed by atoms with van der Waals surface area (Å²) in [5, 5.41) is 3.27. The molecule has 0 saturated heterocycles. The molecule has 0 aliphatic heterocycles. The Morgan fingerprint density at radius 1 is 1.11 bits per heavy atom. The smallest absolute Gasteiger partial charge is 0.280 e. The Morgan fingerprint density at radius 3 is 2.37 bits per heavy atom. The van der Waals surface area contributed by atoms with Crippen LogP contribution in [0.15, 0.2) is 64.4 Å². The highest BCUT2D eigenvalue weighted by Gasteiger charge is 2.19. The summed E-state index contributed by atoms with van der Waals surface area (Å²) >= 11 is 0. The third-order valence-electron chi connectivity index (χ3n) is 4.34. The van der Waals surface area contributed by atoms with Gasteiger partial charge in [0.05, 0.1) is 24.1 Å². The fourth-order valence-corrected chi connectivity index (χ4v) is 2.90. The molecule has 0 amide bonds. The van der Waals surface area contributed by atoms with E-state index in [1.54, 1.807) is 11.8 Å². The third-order valence-corrected chi connectivity index (χ3v) is 4.34. The third kappa shape index (κ3) is 4.03. The number of H-pyrrole nitrogens is 1. The van der Waals surface area contributed by atoms with Crippen LogP contribution in [-0.2, 0) is 0 Å². The summed E-state index contributed by atoms with van der Waals surface area (Å²) in [7, 11) is 1.62. The van der Waals surface area contributed by atoms with Gasteiger partial charge in [-0.15, -0.1) is 0 Å². The molecule has 1 heterocycles. The maximum Gasteiger partial charge on any atom is 0.280 e. The highest BCUT2D eigenvalue weighted by Crippen LogP contribution is 2.22. The van der Waals surface area contributed by atoms with Crippen molar-refractivity contribution in [2.45, 2.75) is 20.8 Å². The van der Waals surface area contributed by atoms with Crippen molar-refractivity contribution in [2.75, 3.05) is 13.7 Å². The van der Waals surface area contributed by atoms with Gasteiger partial charge in [-0.2, -0.15) is 0 Å². The summed E-state index contributed by atoms with van der Waals surface area (Å²) in [6.07, 6.45) is 0. The van der Waals surface area contributed by atoms with E-state index < -0.39 is 0 Å². The first-order valence-electron chi connectivity index (χ1n) is 9.07. The van der Waals surface area contributed by atoms with E-state index in [-0.39, 0.29) is 5.56 Å². The van der Waals surface area contributed by atoms with Crippen LogP contribution in [0.4, 0.5) is 0 Å². The second-order valence-electron chi connectivity index (χ2n) is 6.89. The van der Waals surface area contributed by atoms with Crippen molar-refractivity contribution >= 4 is 5.71 Å². The predicted octanol–water partition coefficient (Wildman–Crippen LogP) is 4.31. The number of benzene rings is 2. The molecule has 2 aromatic carbocycles. The van der Waals surface area contributed by atoms with Crippen molar-refractivity contribution in [1.29, 1.82) is 0 Å². The van der Waals surface area contributed by atoms with Gasteiger partial charge in [-0.3, -0.25) is 14.9 Å². The van der Waals surface area contributed by atoms with Gasteiger partial charge < -0.3 is 4.74 Å². The summed E-state index contributed by atoms with van der Waals surface area (Å²) in [5.74, 6) is 1.18. The van der Waals surface area contributed by atoms with Gasteiger partial charge in [0.25, 0.3) is 5.56 Å². The normalized spacial score (nSPS) is 11.8. The van der Waals surface area contributed by atoms with Crippen LogP contribution in [0, 0.1) is 5.92 Å². The molecule has 1 aromatic heterocycles. The van der Waals surface area contributed by atoms with Crippen molar-refractivity contribution in [3.05, 3.63) is 70.5 Å². The van der Waals surface area contributed by atoms with Crippen molar-refractivity contribution < 1.29 is 4.74 Å². The Labute approximate surface area is 159 Å². The van der Waals surface area contributed by atoms with E-state index in [1.165, 1.54) is 0 Å². The van der Waals surface area contributed by atoms with Crippen LogP contribution in [0.1, 0.15) is 26.3 Å². The molecule has 5 nitrogen and oxygen atoms in total. The van der Waals surface area contributed by atoms with E-state index in [1.807, 2.05) is 61.5 Å². The lowest BCUT2D eigenvalue weighted by Crippen LogP contribution is -2.20.